The Bertz CT molecular complexity index is 237. The van der Waals surface area contributed by atoms with E-state index < -0.39 is 0 Å². The number of aromatic nitrogens is 1. The van der Waals surface area contributed by atoms with Crippen LogP contribution in [0.5, 0.6) is 0 Å². The van der Waals surface area contributed by atoms with Crippen molar-refractivity contribution in [3.05, 3.63) is 30.1 Å². The molecule has 3 nitrogen and oxygen atoms in total. The summed E-state index contributed by atoms with van der Waals surface area (Å²) >= 11 is 1.03. The fourth-order valence-electron chi connectivity index (χ4n) is 0.607. The van der Waals surface area contributed by atoms with Gasteiger partial charge in [0.15, 0.2) is 0 Å². The lowest BCUT2D eigenvalue weighted by atomic mass is 10.3. The topological polar surface area (TPSA) is 39.2 Å². The summed E-state index contributed by atoms with van der Waals surface area (Å²) in [6.45, 7) is 0. The minimum absolute atomic E-state index is 0.356. The van der Waals surface area contributed by atoms with Crippen LogP contribution in [0, 0.1) is 0 Å². The second-order valence-corrected chi connectivity index (χ2v) is 2.28. The first-order valence-corrected chi connectivity index (χ1v) is 4.14. The van der Waals surface area contributed by atoms with Crippen LogP contribution in [0.2, 0.25) is 0 Å². The summed E-state index contributed by atoms with van der Waals surface area (Å²) in [6.07, 6.45) is 4.77. The first-order valence-electron chi connectivity index (χ1n) is 2.99. The van der Waals surface area contributed by atoms with Gasteiger partial charge in [-0.1, -0.05) is 0 Å². The quantitative estimate of drug-likeness (QED) is 0.629. The number of pyridine rings is 1. The van der Waals surface area contributed by atoms with Crippen molar-refractivity contribution in [3.8, 4) is 0 Å². The van der Waals surface area contributed by atoms with Crippen LogP contribution in [0.3, 0.4) is 0 Å². The minimum atomic E-state index is -0.356. The van der Waals surface area contributed by atoms with E-state index in [4.69, 9.17) is 0 Å². The number of hydrogen-bond acceptors (Lipinski definition) is 4. The lowest BCUT2D eigenvalue weighted by Crippen LogP contribution is -1.99. The summed E-state index contributed by atoms with van der Waals surface area (Å²) in [5, 5.41) is 0. The largest absolute Gasteiger partial charge is 0.388 e. The Morgan fingerprint density at radius 1 is 1.73 bits per heavy atom. The zero-order chi connectivity index (χ0) is 8.10. The molecule has 0 fully saturated rings. The van der Waals surface area contributed by atoms with E-state index in [1.54, 1.807) is 24.6 Å². The van der Waals surface area contributed by atoms with E-state index in [1.807, 2.05) is 0 Å². The Hall–Kier alpha value is -1.03. The number of nitrogens with zero attached hydrogens (tertiary/aromatic N) is 1. The van der Waals surface area contributed by atoms with E-state index in [0.29, 0.717) is 5.56 Å². The Morgan fingerprint density at radius 2 is 2.55 bits per heavy atom. The molecule has 0 atom stereocenters. The van der Waals surface area contributed by atoms with Crippen LogP contribution < -0.4 is 0 Å². The Morgan fingerprint density at radius 3 is 3.09 bits per heavy atom. The van der Waals surface area contributed by atoms with Gasteiger partial charge in [0.2, 0.25) is 0 Å². The van der Waals surface area contributed by atoms with Gasteiger partial charge in [0.25, 0.3) is 0 Å². The molecule has 11 heavy (non-hydrogen) atoms. The van der Waals surface area contributed by atoms with Crippen molar-refractivity contribution in [2.24, 2.45) is 0 Å². The lowest BCUT2D eigenvalue weighted by Gasteiger charge is -1.96. The second-order valence-electron chi connectivity index (χ2n) is 1.78. The van der Waals surface area contributed by atoms with Crippen molar-refractivity contribution in [1.82, 2.24) is 4.98 Å². The molecule has 1 rings (SSSR count). The van der Waals surface area contributed by atoms with Gasteiger partial charge in [-0.25, -0.2) is 4.79 Å². The number of hydrogen-bond donors (Lipinski definition) is 0. The maximum Gasteiger partial charge on any atom is 0.351 e. The lowest BCUT2D eigenvalue weighted by molar-refractivity contribution is 0.0768. The van der Waals surface area contributed by atoms with Gasteiger partial charge in [-0.2, -0.15) is 0 Å². The minimum Gasteiger partial charge on any atom is -0.388 e. The van der Waals surface area contributed by atoms with E-state index in [0.717, 1.165) is 12.0 Å². The normalized spacial score (nSPS) is 9.18. The highest BCUT2D eigenvalue weighted by Crippen LogP contribution is 2.04. The third-order valence-electron chi connectivity index (χ3n) is 1.06. The third-order valence-corrected chi connectivity index (χ3v) is 1.37. The molecule has 0 aromatic carbocycles. The molecule has 0 bridgehead atoms. The van der Waals surface area contributed by atoms with E-state index in [9.17, 15) is 4.79 Å². The van der Waals surface area contributed by atoms with Gasteiger partial charge < -0.3 is 4.18 Å². The third kappa shape index (κ3) is 2.23. The standard InChI is InChI=1S/C7H7NO2S/c1-11-10-7(9)6-3-2-4-8-5-6/h2-5H,1H3. The van der Waals surface area contributed by atoms with Crippen LogP contribution in [-0.2, 0) is 4.18 Å². The smallest absolute Gasteiger partial charge is 0.351 e. The summed E-state index contributed by atoms with van der Waals surface area (Å²) in [5.41, 5.74) is 0.474. The molecule has 1 aromatic rings. The zero-order valence-electron chi connectivity index (χ0n) is 5.98. The van der Waals surface area contributed by atoms with Crippen LogP contribution in [0.15, 0.2) is 24.5 Å². The summed E-state index contributed by atoms with van der Waals surface area (Å²) in [6, 6.07) is 3.35. The first kappa shape index (κ1) is 8.07. The predicted molar refractivity (Wildman–Crippen MR) is 43.2 cm³/mol. The Labute approximate surface area is 69.0 Å². The maximum atomic E-state index is 11.0. The molecule has 4 heteroatoms. The van der Waals surface area contributed by atoms with Crippen molar-refractivity contribution in [1.29, 1.82) is 0 Å². The number of carbonyl (C=O) groups is 1. The molecule has 0 saturated carbocycles. The Kier molecular flexibility index (Phi) is 2.92. The average molecular weight is 169 g/mol. The molecule has 0 aliphatic rings. The second kappa shape index (κ2) is 3.98. The van der Waals surface area contributed by atoms with Gasteiger partial charge in [0.1, 0.15) is 0 Å². The SMILES string of the molecule is CSOC(=O)c1cccnc1. The van der Waals surface area contributed by atoms with Gasteiger partial charge in [0, 0.05) is 18.6 Å². The molecular weight excluding hydrogens is 162 g/mol. The monoisotopic (exact) mass is 169 g/mol. The van der Waals surface area contributed by atoms with E-state index in [-0.39, 0.29) is 5.97 Å². The van der Waals surface area contributed by atoms with Crippen molar-refractivity contribution in [3.63, 3.8) is 0 Å². The molecule has 0 N–H and O–H groups in total. The highest BCUT2D eigenvalue weighted by atomic mass is 32.2. The molecular formula is C7H7NO2S. The molecule has 1 aromatic heterocycles. The highest BCUT2D eigenvalue weighted by Gasteiger charge is 2.04. The van der Waals surface area contributed by atoms with Gasteiger partial charge in [0.05, 0.1) is 17.6 Å². The van der Waals surface area contributed by atoms with Crippen LogP contribution in [-0.4, -0.2) is 17.2 Å². The molecule has 0 unspecified atom stereocenters. The molecule has 0 aliphatic carbocycles. The Balaban J connectivity index is 2.69. The van der Waals surface area contributed by atoms with Crippen LogP contribution >= 0.6 is 12.0 Å². The summed E-state index contributed by atoms with van der Waals surface area (Å²) in [7, 11) is 0. The highest BCUT2D eigenvalue weighted by molar-refractivity contribution is 7.94. The molecule has 0 saturated heterocycles. The van der Waals surface area contributed by atoms with Gasteiger partial charge in [-0.15, -0.1) is 0 Å². The van der Waals surface area contributed by atoms with E-state index in [2.05, 4.69) is 9.17 Å². The van der Waals surface area contributed by atoms with Crippen molar-refractivity contribution < 1.29 is 8.98 Å². The summed E-state index contributed by atoms with van der Waals surface area (Å²) in [5.74, 6) is -0.356. The van der Waals surface area contributed by atoms with Gasteiger partial charge >= 0.3 is 5.97 Å². The summed E-state index contributed by atoms with van der Waals surface area (Å²) in [4.78, 5) is 14.7. The van der Waals surface area contributed by atoms with Crippen LogP contribution in [0.25, 0.3) is 0 Å². The van der Waals surface area contributed by atoms with E-state index >= 15 is 0 Å². The number of carbonyl (C=O) groups excluding carboxylic acids is 1. The molecule has 1 heterocycles. The molecule has 0 amide bonds. The number of rotatable bonds is 2. The van der Waals surface area contributed by atoms with Gasteiger partial charge in [-0.05, 0) is 12.1 Å². The molecule has 0 aliphatic heterocycles. The van der Waals surface area contributed by atoms with Gasteiger partial charge in [-0.3, -0.25) is 4.98 Å². The van der Waals surface area contributed by atoms with Crippen molar-refractivity contribution in [2.75, 3.05) is 6.26 Å². The zero-order valence-corrected chi connectivity index (χ0v) is 6.80. The fourth-order valence-corrected chi connectivity index (χ4v) is 0.855. The maximum absolute atomic E-state index is 11.0. The van der Waals surface area contributed by atoms with Crippen LogP contribution in [0.4, 0.5) is 0 Å². The molecule has 0 spiro atoms. The fraction of sp³-hybridized carbons (Fsp3) is 0.143. The average Bonchev–Trinajstić information content (AvgIpc) is 2.07. The van der Waals surface area contributed by atoms with E-state index in [1.165, 1.54) is 6.20 Å². The van der Waals surface area contributed by atoms with Crippen molar-refractivity contribution in [2.45, 2.75) is 0 Å². The predicted octanol–water partition coefficient (Wildman–Crippen LogP) is 1.52. The molecule has 58 valence electrons. The molecule has 0 radical (unpaired) electrons. The van der Waals surface area contributed by atoms with Crippen LogP contribution in [0.1, 0.15) is 10.4 Å². The van der Waals surface area contributed by atoms with Crippen molar-refractivity contribution >= 4 is 18.0 Å². The first-order chi connectivity index (χ1) is 5.34. The summed E-state index contributed by atoms with van der Waals surface area (Å²) < 4.78 is 4.67.